The molecule has 0 saturated heterocycles. The highest BCUT2D eigenvalue weighted by molar-refractivity contribution is 7.47. The van der Waals surface area contributed by atoms with Crippen LogP contribution >= 0.6 is 15.6 Å². The second-order valence-electron chi connectivity index (χ2n) is 27.3. The SMILES string of the molecule is CCCCCC/C=C\C=C/CCCCCCCC(=O)O[C@H](COC(=O)CCCCCCCCC(C)CC)COP(=O)(O)OC[C@H](O)COP(=O)(O)OC[C@@H](COC(=O)CCCCCCCCCCCCCCCCCCC(C)C)OC(=O)CCCCCCCCC(C)CC. The van der Waals surface area contributed by atoms with Crippen LogP contribution in [0.5, 0.6) is 0 Å². The van der Waals surface area contributed by atoms with Gasteiger partial charge < -0.3 is 33.8 Å². The lowest BCUT2D eigenvalue weighted by Crippen LogP contribution is -2.30. The van der Waals surface area contributed by atoms with Gasteiger partial charge in [0.15, 0.2) is 12.2 Å². The molecule has 0 bridgehead atoms. The lowest BCUT2D eigenvalue weighted by atomic mass is 10.00. The molecule has 0 aromatic carbocycles. The Morgan fingerprint density at radius 1 is 0.351 bits per heavy atom. The average Bonchev–Trinajstić information content (AvgIpc) is 1.76. The molecule has 554 valence electrons. The first-order valence-electron chi connectivity index (χ1n) is 38.2. The number of hydrogen-bond donors (Lipinski definition) is 3. The third-order valence-electron chi connectivity index (χ3n) is 17.5. The van der Waals surface area contributed by atoms with Gasteiger partial charge in [-0.1, -0.05) is 304 Å². The molecule has 17 nitrogen and oxygen atoms in total. The van der Waals surface area contributed by atoms with Crippen molar-refractivity contribution >= 4 is 39.5 Å². The van der Waals surface area contributed by atoms with Crippen molar-refractivity contribution in [1.82, 2.24) is 0 Å². The fourth-order valence-corrected chi connectivity index (χ4v) is 12.4. The third kappa shape index (κ3) is 65.5. The summed E-state index contributed by atoms with van der Waals surface area (Å²) in [5, 5.41) is 10.6. The molecule has 94 heavy (non-hydrogen) atoms. The molecular formula is C75H142O17P2. The van der Waals surface area contributed by atoms with Crippen molar-refractivity contribution in [2.75, 3.05) is 39.6 Å². The second kappa shape index (κ2) is 65.2. The molecule has 0 aliphatic heterocycles. The van der Waals surface area contributed by atoms with E-state index in [0.717, 1.165) is 127 Å². The first kappa shape index (κ1) is 91.5. The molecule has 0 spiro atoms. The summed E-state index contributed by atoms with van der Waals surface area (Å²) >= 11 is 0. The van der Waals surface area contributed by atoms with Crippen LogP contribution in [0.3, 0.4) is 0 Å². The van der Waals surface area contributed by atoms with Gasteiger partial charge in [0.1, 0.15) is 19.3 Å². The molecule has 0 aliphatic carbocycles. The van der Waals surface area contributed by atoms with E-state index in [-0.39, 0.29) is 25.7 Å². The van der Waals surface area contributed by atoms with Crippen LogP contribution < -0.4 is 0 Å². The van der Waals surface area contributed by atoms with E-state index in [2.05, 4.69) is 72.8 Å². The standard InChI is InChI=1S/C75H142O17P2/c1-8-11-12-13-14-15-16-17-20-25-28-31-34-44-51-58-74(79)91-70(63-86-73(78)57-50-43-37-35-40-47-54-67(6)9-2)64-89-93(81,82)87-60-69(76)61-88-94(83,84)90-65-71(92-75(80)59-52-45-38-36-41-48-55-68(7)10-3)62-85-72(77)56-49-42-33-30-27-24-22-19-18-21-23-26-29-32-39-46-53-66(4)5/h15-17,20,66-71,76H,8-14,18-19,21-65H2,1-7H3,(H,81,82)(H,83,84)/b16-15-,20-17-/t67?,68?,69-,70+,71+/m0/s1. The lowest BCUT2D eigenvalue weighted by Gasteiger charge is -2.21. The van der Waals surface area contributed by atoms with E-state index in [9.17, 15) is 43.2 Å². The number of carbonyl (C=O) groups excluding carboxylic acids is 4. The number of unbranched alkanes of at least 4 members (excludes halogenated alkanes) is 34. The maximum Gasteiger partial charge on any atom is 0.472 e. The van der Waals surface area contributed by atoms with Gasteiger partial charge in [0.25, 0.3) is 0 Å². The van der Waals surface area contributed by atoms with Crippen molar-refractivity contribution < 1.29 is 80.2 Å². The van der Waals surface area contributed by atoms with Crippen molar-refractivity contribution in [3.05, 3.63) is 24.3 Å². The molecule has 3 N–H and O–H groups in total. The number of esters is 4. The number of rotatable bonds is 71. The largest absolute Gasteiger partial charge is 0.472 e. The minimum atomic E-state index is -4.96. The molecule has 0 heterocycles. The summed E-state index contributed by atoms with van der Waals surface area (Å²) < 4.78 is 68.4. The van der Waals surface area contributed by atoms with Gasteiger partial charge in [0.05, 0.1) is 26.4 Å². The summed E-state index contributed by atoms with van der Waals surface area (Å²) in [7, 11) is -9.92. The Morgan fingerprint density at radius 3 is 0.947 bits per heavy atom. The number of aliphatic hydroxyl groups excluding tert-OH is 1. The normalized spacial score (nSPS) is 14.8. The molecule has 7 atom stereocenters. The molecule has 19 heteroatoms. The highest BCUT2D eigenvalue weighted by Crippen LogP contribution is 2.45. The van der Waals surface area contributed by atoms with E-state index in [1.165, 1.54) is 148 Å². The van der Waals surface area contributed by atoms with Crippen LogP contribution in [0.25, 0.3) is 0 Å². The first-order valence-corrected chi connectivity index (χ1v) is 41.2. The van der Waals surface area contributed by atoms with Crippen molar-refractivity contribution in [3.63, 3.8) is 0 Å². The van der Waals surface area contributed by atoms with E-state index >= 15 is 0 Å². The van der Waals surface area contributed by atoms with Gasteiger partial charge >= 0.3 is 39.5 Å². The smallest absolute Gasteiger partial charge is 0.462 e. The number of carbonyl (C=O) groups is 4. The van der Waals surface area contributed by atoms with Gasteiger partial charge in [-0.05, 0) is 69.1 Å². The topological polar surface area (TPSA) is 237 Å². The summed E-state index contributed by atoms with van der Waals surface area (Å²) in [6.45, 7) is 11.8. The van der Waals surface area contributed by atoms with Crippen LogP contribution in [0.15, 0.2) is 24.3 Å². The number of ether oxygens (including phenoxy) is 4. The summed E-state index contributed by atoms with van der Waals surface area (Å²) in [5.41, 5.74) is 0. The summed E-state index contributed by atoms with van der Waals surface area (Å²) in [5.74, 6) is 0.102. The molecule has 0 rings (SSSR count). The van der Waals surface area contributed by atoms with Crippen LogP contribution in [0.1, 0.15) is 357 Å². The zero-order chi connectivity index (χ0) is 69.4. The minimum Gasteiger partial charge on any atom is -0.462 e. The van der Waals surface area contributed by atoms with Gasteiger partial charge in [-0.2, -0.15) is 0 Å². The van der Waals surface area contributed by atoms with Crippen LogP contribution in [0, 0.1) is 17.8 Å². The highest BCUT2D eigenvalue weighted by Gasteiger charge is 2.30. The van der Waals surface area contributed by atoms with Crippen LogP contribution in [-0.4, -0.2) is 96.7 Å². The van der Waals surface area contributed by atoms with Crippen molar-refractivity contribution in [3.8, 4) is 0 Å². The van der Waals surface area contributed by atoms with Crippen LogP contribution in [0.4, 0.5) is 0 Å². The number of aliphatic hydroxyl groups is 1. The van der Waals surface area contributed by atoms with E-state index < -0.39 is 97.5 Å². The fourth-order valence-electron chi connectivity index (χ4n) is 10.8. The predicted octanol–water partition coefficient (Wildman–Crippen LogP) is 21.3. The van der Waals surface area contributed by atoms with Crippen molar-refractivity contribution in [2.45, 2.75) is 375 Å². The molecule has 0 amide bonds. The van der Waals surface area contributed by atoms with Gasteiger partial charge in [0, 0.05) is 25.7 Å². The Kier molecular flexibility index (Phi) is 63.5. The molecule has 4 unspecified atom stereocenters. The van der Waals surface area contributed by atoms with E-state index in [0.29, 0.717) is 25.7 Å². The van der Waals surface area contributed by atoms with Crippen molar-refractivity contribution in [2.24, 2.45) is 17.8 Å². The maximum atomic E-state index is 13.0. The van der Waals surface area contributed by atoms with E-state index in [4.69, 9.17) is 37.0 Å². The Bertz CT molecular complexity index is 1930. The predicted molar refractivity (Wildman–Crippen MR) is 381 cm³/mol. The fraction of sp³-hybridized carbons (Fsp3) is 0.893. The minimum absolute atomic E-state index is 0.0837. The third-order valence-corrected chi connectivity index (χ3v) is 19.4. The van der Waals surface area contributed by atoms with Crippen LogP contribution in [-0.2, 0) is 65.4 Å². The van der Waals surface area contributed by atoms with Gasteiger partial charge in [0.2, 0.25) is 0 Å². The monoisotopic (exact) mass is 1380 g/mol. The molecule has 0 fully saturated rings. The molecule has 0 aliphatic rings. The number of phosphoric ester groups is 2. The summed E-state index contributed by atoms with van der Waals surface area (Å²) in [6, 6.07) is 0. The Balaban J connectivity index is 5.22. The number of phosphoric acid groups is 2. The second-order valence-corrected chi connectivity index (χ2v) is 30.2. The van der Waals surface area contributed by atoms with E-state index in [1.54, 1.807) is 0 Å². The molecule has 0 aromatic heterocycles. The van der Waals surface area contributed by atoms with Crippen molar-refractivity contribution in [1.29, 1.82) is 0 Å². The lowest BCUT2D eigenvalue weighted by molar-refractivity contribution is -0.161. The number of allylic oxidation sites excluding steroid dienone is 4. The quantitative estimate of drug-likeness (QED) is 0.0169. The molecule has 0 saturated carbocycles. The zero-order valence-corrected chi connectivity index (χ0v) is 62.7. The van der Waals surface area contributed by atoms with Gasteiger partial charge in [-0.3, -0.25) is 37.3 Å². The molecular weight excluding hydrogens is 1230 g/mol. The Hall–Kier alpha value is -2.46. The van der Waals surface area contributed by atoms with Crippen LogP contribution in [0.2, 0.25) is 0 Å². The average molecular weight is 1380 g/mol. The summed E-state index contributed by atoms with van der Waals surface area (Å²) in [6.07, 6.45) is 53.7. The molecule has 0 aromatic rings. The Labute approximate surface area is 573 Å². The van der Waals surface area contributed by atoms with Gasteiger partial charge in [-0.15, -0.1) is 0 Å². The van der Waals surface area contributed by atoms with Gasteiger partial charge in [-0.25, -0.2) is 9.13 Å². The van der Waals surface area contributed by atoms with E-state index in [1.807, 2.05) is 0 Å². The first-order chi connectivity index (χ1) is 45.3. The molecule has 0 radical (unpaired) electrons. The number of hydrogen-bond acceptors (Lipinski definition) is 15. The summed E-state index contributed by atoms with van der Waals surface area (Å²) in [4.78, 5) is 72.7. The Morgan fingerprint density at radius 2 is 0.628 bits per heavy atom. The highest BCUT2D eigenvalue weighted by atomic mass is 31.2. The zero-order valence-electron chi connectivity index (χ0n) is 60.9. The maximum absolute atomic E-state index is 13.0.